The predicted octanol–water partition coefficient (Wildman–Crippen LogP) is 2.68. The number of hydrogen-bond acceptors (Lipinski definition) is 4. The van der Waals surface area contributed by atoms with Crippen molar-refractivity contribution in [2.45, 2.75) is 19.4 Å². The standard InChI is InChI=1S/C14H14N2O4/c1-8-5-6-20-14(8)13(17)10-7-15-12-9(10)3-2-4-11(12)16(18)19/h2-4,7-8,14-15H,5-6H2,1H3. The summed E-state index contributed by atoms with van der Waals surface area (Å²) in [6.45, 7) is 2.56. The number of fused-ring (bicyclic) bond motifs is 1. The molecule has 2 aromatic rings. The summed E-state index contributed by atoms with van der Waals surface area (Å²) in [5.74, 6) is 0.0629. The molecule has 1 aromatic heterocycles. The smallest absolute Gasteiger partial charge is 0.293 e. The molecule has 104 valence electrons. The summed E-state index contributed by atoms with van der Waals surface area (Å²) in [5, 5.41) is 11.6. The average Bonchev–Trinajstić information content (AvgIpc) is 3.03. The number of H-pyrrole nitrogens is 1. The van der Waals surface area contributed by atoms with Crippen LogP contribution in [0, 0.1) is 16.0 Å². The van der Waals surface area contributed by atoms with Crippen molar-refractivity contribution >= 4 is 22.4 Å². The maximum absolute atomic E-state index is 12.5. The lowest BCUT2D eigenvalue weighted by Gasteiger charge is -2.12. The van der Waals surface area contributed by atoms with E-state index in [-0.39, 0.29) is 17.4 Å². The first kappa shape index (κ1) is 12.8. The van der Waals surface area contributed by atoms with Crippen molar-refractivity contribution in [3.05, 3.63) is 40.1 Å². The van der Waals surface area contributed by atoms with Crippen LogP contribution in [0.15, 0.2) is 24.4 Å². The van der Waals surface area contributed by atoms with Gasteiger partial charge in [-0.3, -0.25) is 14.9 Å². The van der Waals surface area contributed by atoms with Crippen LogP contribution in [0.25, 0.3) is 10.9 Å². The molecule has 1 fully saturated rings. The predicted molar refractivity (Wildman–Crippen MR) is 72.8 cm³/mol. The largest absolute Gasteiger partial charge is 0.370 e. The van der Waals surface area contributed by atoms with Crippen LogP contribution < -0.4 is 0 Å². The lowest BCUT2D eigenvalue weighted by Crippen LogP contribution is -2.25. The number of nitro benzene ring substituents is 1. The van der Waals surface area contributed by atoms with Crippen LogP contribution in [-0.4, -0.2) is 28.4 Å². The zero-order valence-corrected chi connectivity index (χ0v) is 11.0. The second kappa shape index (κ2) is 4.72. The molecule has 6 heteroatoms. The summed E-state index contributed by atoms with van der Waals surface area (Å²) >= 11 is 0. The van der Waals surface area contributed by atoms with Crippen LogP contribution in [0.2, 0.25) is 0 Å². The molecule has 0 amide bonds. The number of ketones is 1. The highest BCUT2D eigenvalue weighted by Gasteiger charge is 2.33. The van der Waals surface area contributed by atoms with Gasteiger partial charge in [0.05, 0.1) is 4.92 Å². The van der Waals surface area contributed by atoms with E-state index in [0.29, 0.717) is 23.1 Å². The SMILES string of the molecule is CC1CCOC1C(=O)c1c[nH]c2c([N+](=O)[O-])cccc12. The minimum atomic E-state index is -0.457. The van der Waals surface area contributed by atoms with Crippen LogP contribution in [0.3, 0.4) is 0 Å². The van der Waals surface area contributed by atoms with Gasteiger partial charge in [0.25, 0.3) is 5.69 Å². The Balaban J connectivity index is 2.07. The number of hydrogen-bond donors (Lipinski definition) is 1. The van der Waals surface area contributed by atoms with E-state index < -0.39 is 11.0 Å². The minimum absolute atomic E-state index is 0.0260. The summed E-state index contributed by atoms with van der Waals surface area (Å²) in [6, 6.07) is 4.72. The van der Waals surface area contributed by atoms with Crippen molar-refractivity contribution in [3.8, 4) is 0 Å². The van der Waals surface area contributed by atoms with Gasteiger partial charge < -0.3 is 9.72 Å². The molecule has 2 unspecified atom stereocenters. The molecule has 0 saturated carbocycles. The molecule has 1 aliphatic heterocycles. The molecular weight excluding hydrogens is 260 g/mol. The summed E-state index contributed by atoms with van der Waals surface area (Å²) in [4.78, 5) is 25.9. The van der Waals surface area contributed by atoms with E-state index >= 15 is 0 Å². The van der Waals surface area contributed by atoms with Crippen LogP contribution in [-0.2, 0) is 4.74 Å². The highest BCUT2D eigenvalue weighted by atomic mass is 16.6. The number of non-ortho nitro benzene ring substituents is 1. The summed E-state index contributed by atoms with van der Waals surface area (Å²) in [5.41, 5.74) is 0.816. The number of aromatic amines is 1. The number of nitrogens with zero attached hydrogens (tertiary/aromatic N) is 1. The zero-order chi connectivity index (χ0) is 14.3. The number of aromatic nitrogens is 1. The van der Waals surface area contributed by atoms with E-state index in [2.05, 4.69) is 4.98 Å². The van der Waals surface area contributed by atoms with Gasteiger partial charge in [0.2, 0.25) is 0 Å². The molecule has 6 nitrogen and oxygen atoms in total. The van der Waals surface area contributed by atoms with E-state index in [1.165, 1.54) is 12.3 Å². The fourth-order valence-corrected chi connectivity index (χ4v) is 2.68. The van der Waals surface area contributed by atoms with Gasteiger partial charge in [0.15, 0.2) is 5.78 Å². The molecule has 3 rings (SSSR count). The van der Waals surface area contributed by atoms with Crippen molar-refractivity contribution in [2.24, 2.45) is 5.92 Å². The van der Waals surface area contributed by atoms with Crippen LogP contribution in [0.5, 0.6) is 0 Å². The van der Waals surface area contributed by atoms with Crippen LogP contribution in [0.1, 0.15) is 23.7 Å². The van der Waals surface area contributed by atoms with E-state index in [1.54, 1.807) is 12.1 Å². The van der Waals surface area contributed by atoms with Gasteiger partial charge in [-0.2, -0.15) is 0 Å². The Morgan fingerprint density at radius 3 is 2.95 bits per heavy atom. The Labute approximate surface area is 114 Å². The molecule has 2 heterocycles. The molecule has 0 aliphatic carbocycles. The van der Waals surface area contributed by atoms with Gasteiger partial charge in [-0.1, -0.05) is 19.1 Å². The molecule has 1 saturated heterocycles. The molecular formula is C14H14N2O4. The lowest BCUT2D eigenvalue weighted by atomic mass is 9.96. The Bertz CT molecular complexity index is 692. The molecule has 20 heavy (non-hydrogen) atoms. The number of nitro groups is 1. The van der Waals surface area contributed by atoms with Crippen molar-refractivity contribution in [1.82, 2.24) is 4.98 Å². The Morgan fingerprint density at radius 1 is 1.50 bits per heavy atom. The first-order chi connectivity index (χ1) is 9.59. The first-order valence-electron chi connectivity index (χ1n) is 6.50. The van der Waals surface area contributed by atoms with Crippen molar-refractivity contribution in [2.75, 3.05) is 6.61 Å². The van der Waals surface area contributed by atoms with E-state index in [0.717, 1.165) is 6.42 Å². The highest BCUT2D eigenvalue weighted by Crippen LogP contribution is 2.30. The van der Waals surface area contributed by atoms with Crippen molar-refractivity contribution in [1.29, 1.82) is 0 Å². The Kier molecular flexibility index (Phi) is 3.02. The monoisotopic (exact) mass is 274 g/mol. The number of ether oxygens (including phenoxy) is 1. The van der Waals surface area contributed by atoms with E-state index in [4.69, 9.17) is 4.74 Å². The minimum Gasteiger partial charge on any atom is -0.370 e. The number of benzene rings is 1. The topological polar surface area (TPSA) is 85.2 Å². The summed E-state index contributed by atoms with van der Waals surface area (Å²) < 4.78 is 5.48. The van der Waals surface area contributed by atoms with Gasteiger partial charge in [-0.25, -0.2) is 0 Å². The normalized spacial score (nSPS) is 22.2. The number of Topliss-reactive ketones (excluding diaryl/α,β-unsaturated/α-hetero) is 1. The van der Waals surface area contributed by atoms with Gasteiger partial charge in [-0.05, 0) is 12.3 Å². The number of carbonyl (C=O) groups excluding carboxylic acids is 1. The van der Waals surface area contributed by atoms with E-state index in [1.807, 2.05) is 6.92 Å². The van der Waals surface area contributed by atoms with Gasteiger partial charge in [0.1, 0.15) is 11.6 Å². The third-order valence-corrected chi connectivity index (χ3v) is 3.80. The molecule has 1 aliphatic rings. The Hall–Kier alpha value is -2.21. The highest BCUT2D eigenvalue weighted by molar-refractivity contribution is 6.11. The van der Waals surface area contributed by atoms with Crippen LogP contribution >= 0.6 is 0 Å². The van der Waals surface area contributed by atoms with E-state index in [9.17, 15) is 14.9 Å². The number of carbonyl (C=O) groups is 1. The van der Waals surface area contributed by atoms with Gasteiger partial charge in [0, 0.05) is 29.8 Å². The number of nitrogens with one attached hydrogen (secondary N) is 1. The fourth-order valence-electron chi connectivity index (χ4n) is 2.68. The van der Waals surface area contributed by atoms with Gasteiger partial charge in [-0.15, -0.1) is 0 Å². The number of para-hydroxylation sites is 1. The third kappa shape index (κ3) is 1.89. The molecule has 1 aromatic carbocycles. The maximum Gasteiger partial charge on any atom is 0.293 e. The fraction of sp³-hybridized carbons (Fsp3) is 0.357. The van der Waals surface area contributed by atoms with Crippen molar-refractivity contribution < 1.29 is 14.5 Å². The third-order valence-electron chi connectivity index (χ3n) is 3.80. The zero-order valence-electron chi connectivity index (χ0n) is 11.0. The summed E-state index contributed by atoms with van der Waals surface area (Å²) in [6.07, 6.45) is 1.95. The second-order valence-corrected chi connectivity index (χ2v) is 5.08. The van der Waals surface area contributed by atoms with Crippen molar-refractivity contribution in [3.63, 3.8) is 0 Å². The molecule has 0 bridgehead atoms. The van der Waals surface area contributed by atoms with Crippen LogP contribution in [0.4, 0.5) is 5.69 Å². The molecule has 2 atom stereocenters. The quantitative estimate of drug-likeness (QED) is 0.529. The summed E-state index contributed by atoms with van der Waals surface area (Å²) in [7, 11) is 0. The first-order valence-corrected chi connectivity index (χ1v) is 6.50. The molecule has 0 radical (unpaired) electrons. The lowest BCUT2D eigenvalue weighted by molar-refractivity contribution is -0.383. The average molecular weight is 274 g/mol. The molecule has 0 spiro atoms. The number of rotatable bonds is 3. The second-order valence-electron chi connectivity index (χ2n) is 5.08. The Morgan fingerprint density at radius 2 is 2.30 bits per heavy atom. The maximum atomic E-state index is 12.5. The molecule has 1 N–H and O–H groups in total. The van der Waals surface area contributed by atoms with Gasteiger partial charge >= 0.3 is 0 Å².